The van der Waals surface area contributed by atoms with Crippen LogP contribution < -0.4 is 0 Å². The minimum atomic E-state index is -3.58. The van der Waals surface area contributed by atoms with Crippen LogP contribution in [0.4, 0.5) is 0 Å². The SMILES string of the molecule is CCOP(=O)(O)Cc1ccc(Cl)c2ccccc12. The van der Waals surface area contributed by atoms with Crippen molar-refractivity contribution in [3.05, 3.63) is 47.0 Å². The summed E-state index contributed by atoms with van der Waals surface area (Å²) in [7, 11) is -3.58. The zero-order chi connectivity index (χ0) is 13.2. The van der Waals surface area contributed by atoms with Crippen LogP contribution in [0, 0.1) is 0 Å². The number of halogens is 1. The highest BCUT2D eigenvalue weighted by molar-refractivity contribution is 7.52. The van der Waals surface area contributed by atoms with Gasteiger partial charge < -0.3 is 9.42 Å². The van der Waals surface area contributed by atoms with Gasteiger partial charge in [-0.3, -0.25) is 4.57 Å². The summed E-state index contributed by atoms with van der Waals surface area (Å²) >= 11 is 6.10. The Bertz CT molecular complexity index is 612. The Labute approximate surface area is 111 Å². The van der Waals surface area contributed by atoms with E-state index < -0.39 is 7.60 Å². The third kappa shape index (κ3) is 2.93. The summed E-state index contributed by atoms with van der Waals surface area (Å²) < 4.78 is 16.7. The summed E-state index contributed by atoms with van der Waals surface area (Å²) in [6.45, 7) is 1.92. The second-order valence-electron chi connectivity index (χ2n) is 3.97. The molecule has 0 aliphatic rings. The van der Waals surface area contributed by atoms with Crippen LogP contribution in [0.2, 0.25) is 5.02 Å². The van der Waals surface area contributed by atoms with Crippen LogP contribution in [0.25, 0.3) is 10.8 Å². The van der Waals surface area contributed by atoms with E-state index in [4.69, 9.17) is 16.1 Å². The van der Waals surface area contributed by atoms with Crippen LogP contribution in [0.15, 0.2) is 36.4 Å². The van der Waals surface area contributed by atoms with E-state index in [0.717, 1.165) is 16.3 Å². The van der Waals surface area contributed by atoms with Crippen LogP contribution in [-0.2, 0) is 15.3 Å². The number of hydrogen-bond acceptors (Lipinski definition) is 2. The number of fused-ring (bicyclic) bond motifs is 1. The average Bonchev–Trinajstić information content (AvgIpc) is 2.33. The third-order valence-electron chi connectivity index (χ3n) is 2.66. The second kappa shape index (κ2) is 5.41. The van der Waals surface area contributed by atoms with Crippen LogP contribution in [0.1, 0.15) is 12.5 Å². The highest BCUT2D eigenvalue weighted by atomic mass is 35.5. The first kappa shape index (κ1) is 13.6. The fourth-order valence-electron chi connectivity index (χ4n) is 1.93. The van der Waals surface area contributed by atoms with Crippen LogP contribution >= 0.6 is 19.2 Å². The lowest BCUT2D eigenvalue weighted by Gasteiger charge is -2.13. The fraction of sp³-hybridized carbons (Fsp3) is 0.231. The Morgan fingerprint density at radius 2 is 1.89 bits per heavy atom. The van der Waals surface area contributed by atoms with Gasteiger partial charge in [0.05, 0.1) is 12.8 Å². The molecule has 1 atom stereocenters. The summed E-state index contributed by atoms with van der Waals surface area (Å²) in [6.07, 6.45) is -0.00147. The van der Waals surface area contributed by atoms with Crippen LogP contribution in [-0.4, -0.2) is 11.5 Å². The predicted molar refractivity (Wildman–Crippen MR) is 74.1 cm³/mol. The molecule has 0 amide bonds. The van der Waals surface area contributed by atoms with Gasteiger partial charge in [0.1, 0.15) is 0 Å². The first-order valence-electron chi connectivity index (χ1n) is 5.66. The number of rotatable bonds is 4. The van der Waals surface area contributed by atoms with E-state index in [-0.39, 0.29) is 12.8 Å². The molecule has 0 radical (unpaired) electrons. The normalized spacial score (nSPS) is 14.6. The van der Waals surface area contributed by atoms with Gasteiger partial charge in [-0.15, -0.1) is 0 Å². The quantitative estimate of drug-likeness (QED) is 0.855. The van der Waals surface area contributed by atoms with Gasteiger partial charge in [-0.1, -0.05) is 41.9 Å². The molecule has 96 valence electrons. The molecule has 1 N–H and O–H groups in total. The maximum Gasteiger partial charge on any atom is 0.332 e. The fourth-order valence-corrected chi connectivity index (χ4v) is 3.35. The van der Waals surface area contributed by atoms with E-state index >= 15 is 0 Å². The van der Waals surface area contributed by atoms with Crippen molar-refractivity contribution >= 4 is 30.0 Å². The van der Waals surface area contributed by atoms with E-state index in [2.05, 4.69) is 0 Å². The molecule has 2 aromatic rings. The van der Waals surface area contributed by atoms with Crippen molar-refractivity contribution in [2.45, 2.75) is 13.1 Å². The Kier molecular flexibility index (Phi) is 4.08. The first-order chi connectivity index (χ1) is 8.53. The molecule has 0 heterocycles. The van der Waals surface area contributed by atoms with Gasteiger partial charge in [0, 0.05) is 10.4 Å². The average molecular weight is 285 g/mol. The molecule has 0 bridgehead atoms. The maximum atomic E-state index is 11.8. The van der Waals surface area contributed by atoms with Crippen molar-refractivity contribution in [1.82, 2.24) is 0 Å². The number of benzene rings is 2. The molecular formula is C13H14ClO3P. The molecule has 5 heteroatoms. The molecule has 18 heavy (non-hydrogen) atoms. The van der Waals surface area contributed by atoms with Gasteiger partial charge in [-0.2, -0.15) is 0 Å². The predicted octanol–water partition coefficient (Wildman–Crippen LogP) is 4.22. The monoisotopic (exact) mass is 284 g/mol. The molecular weight excluding hydrogens is 271 g/mol. The molecule has 0 fully saturated rings. The Morgan fingerprint density at radius 3 is 2.56 bits per heavy atom. The van der Waals surface area contributed by atoms with Crippen molar-refractivity contribution in [3.63, 3.8) is 0 Å². The molecule has 0 saturated carbocycles. The second-order valence-corrected chi connectivity index (χ2v) is 6.22. The van der Waals surface area contributed by atoms with Crippen molar-refractivity contribution in [1.29, 1.82) is 0 Å². The van der Waals surface area contributed by atoms with Crippen LogP contribution in [0.5, 0.6) is 0 Å². The Balaban J connectivity index is 2.46. The molecule has 0 aliphatic heterocycles. The van der Waals surface area contributed by atoms with Gasteiger partial charge in [0.15, 0.2) is 0 Å². The third-order valence-corrected chi connectivity index (χ3v) is 4.39. The molecule has 3 nitrogen and oxygen atoms in total. The van der Waals surface area contributed by atoms with E-state index in [1.165, 1.54) is 0 Å². The minimum Gasteiger partial charge on any atom is -0.324 e. The smallest absolute Gasteiger partial charge is 0.324 e. The van der Waals surface area contributed by atoms with E-state index in [0.29, 0.717) is 5.02 Å². The van der Waals surface area contributed by atoms with Crippen molar-refractivity contribution < 1.29 is 14.0 Å². The number of hydrogen-bond donors (Lipinski definition) is 1. The highest BCUT2D eigenvalue weighted by Crippen LogP contribution is 2.46. The standard InChI is InChI=1S/C13H14ClO3P/c1-2-17-18(15,16)9-10-7-8-13(14)12-6-4-3-5-11(10)12/h3-8H,2,9H2,1H3,(H,15,16). The largest absolute Gasteiger partial charge is 0.332 e. The van der Waals surface area contributed by atoms with Gasteiger partial charge >= 0.3 is 7.60 Å². The van der Waals surface area contributed by atoms with Gasteiger partial charge in [-0.25, -0.2) is 0 Å². The minimum absolute atomic E-state index is 0.00147. The Morgan fingerprint density at radius 1 is 1.22 bits per heavy atom. The first-order valence-corrected chi connectivity index (χ1v) is 7.80. The zero-order valence-corrected chi connectivity index (χ0v) is 11.6. The summed E-state index contributed by atoms with van der Waals surface area (Å²) in [6, 6.07) is 11.1. The molecule has 0 spiro atoms. The van der Waals surface area contributed by atoms with E-state index in [1.807, 2.05) is 24.3 Å². The molecule has 0 saturated heterocycles. The summed E-state index contributed by atoms with van der Waals surface area (Å²) in [5.41, 5.74) is 0.772. The molecule has 0 aromatic heterocycles. The van der Waals surface area contributed by atoms with Crippen molar-refractivity contribution in [2.75, 3.05) is 6.61 Å². The van der Waals surface area contributed by atoms with Gasteiger partial charge in [0.25, 0.3) is 0 Å². The van der Waals surface area contributed by atoms with E-state index in [9.17, 15) is 9.46 Å². The van der Waals surface area contributed by atoms with E-state index in [1.54, 1.807) is 19.1 Å². The maximum absolute atomic E-state index is 11.8. The highest BCUT2D eigenvalue weighted by Gasteiger charge is 2.20. The molecule has 1 unspecified atom stereocenters. The molecule has 0 aliphatic carbocycles. The van der Waals surface area contributed by atoms with Crippen molar-refractivity contribution in [3.8, 4) is 0 Å². The van der Waals surface area contributed by atoms with Gasteiger partial charge in [-0.05, 0) is 23.9 Å². The van der Waals surface area contributed by atoms with Crippen LogP contribution in [0.3, 0.4) is 0 Å². The zero-order valence-electron chi connectivity index (χ0n) is 9.97. The van der Waals surface area contributed by atoms with Crippen molar-refractivity contribution in [2.24, 2.45) is 0 Å². The summed E-state index contributed by atoms with van der Waals surface area (Å²) in [5, 5.41) is 2.41. The van der Waals surface area contributed by atoms with Gasteiger partial charge in [0.2, 0.25) is 0 Å². The lowest BCUT2D eigenvalue weighted by Crippen LogP contribution is -1.94. The molecule has 2 aromatic carbocycles. The molecule has 2 rings (SSSR count). The Hall–Kier alpha value is -0.860. The summed E-state index contributed by atoms with van der Waals surface area (Å²) in [5.74, 6) is 0. The lowest BCUT2D eigenvalue weighted by atomic mass is 10.1. The summed E-state index contributed by atoms with van der Waals surface area (Å²) in [4.78, 5) is 9.70. The topological polar surface area (TPSA) is 46.5 Å². The lowest BCUT2D eigenvalue weighted by molar-refractivity contribution is 0.273.